The molecule has 0 aromatic heterocycles. The minimum atomic E-state index is -0.867. The maximum Gasteiger partial charge on any atom is 0.295 e. The Balaban J connectivity index is 2.32. The van der Waals surface area contributed by atoms with Crippen LogP contribution < -0.4 is 5.32 Å². The van der Waals surface area contributed by atoms with Crippen LogP contribution in [0.25, 0.3) is 0 Å². The molecule has 1 N–H and O–H groups in total. The van der Waals surface area contributed by atoms with Crippen molar-refractivity contribution in [2.24, 2.45) is 0 Å². The summed E-state index contributed by atoms with van der Waals surface area (Å²) in [5.74, 6) is -1.02. The van der Waals surface area contributed by atoms with Crippen LogP contribution in [0.5, 0.6) is 0 Å². The number of rotatable bonds is 3. The van der Waals surface area contributed by atoms with Gasteiger partial charge in [0.2, 0.25) is 5.91 Å². The SMILES string of the molecule is CN1CCC(Nc2cc(Cl)c(F)cc2[N+](=O)[O-])C1=O. The Labute approximate surface area is 113 Å². The van der Waals surface area contributed by atoms with Crippen molar-refractivity contribution in [1.82, 2.24) is 4.90 Å². The van der Waals surface area contributed by atoms with E-state index in [4.69, 9.17) is 11.6 Å². The van der Waals surface area contributed by atoms with E-state index >= 15 is 0 Å². The summed E-state index contributed by atoms with van der Waals surface area (Å²) in [7, 11) is 1.65. The van der Waals surface area contributed by atoms with Gasteiger partial charge in [-0.2, -0.15) is 0 Å². The number of carbonyl (C=O) groups is 1. The molecule has 2 rings (SSSR count). The van der Waals surface area contributed by atoms with Gasteiger partial charge in [-0.3, -0.25) is 14.9 Å². The van der Waals surface area contributed by atoms with Gasteiger partial charge >= 0.3 is 0 Å². The van der Waals surface area contributed by atoms with E-state index < -0.39 is 22.5 Å². The molecule has 1 amide bonds. The lowest BCUT2D eigenvalue weighted by atomic mass is 10.2. The fourth-order valence-corrected chi connectivity index (χ4v) is 2.11. The lowest BCUT2D eigenvalue weighted by molar-refractivity contribution is -0.384. The van der Waals surface area contributed by atoms with Gasteiger partial charge < -0.3 is 10.2 Å². The number of hydrogen-bond acceptors (Lipinski definition) is 4. The first-order chi connectivity index (χ1) is 8.90. The van der Waals surface area contributed by atoms with Gasteiger partial charge in [0.1, 0.15) is 17.5 Å². The number of amides is 1. The Morgan fingerprint density at radius 3 is 2.79 bits per heavy atom. The lowest BCUT2D eigenvalue weighted by Crippen LogP contribution is -2.31. The Hall–Kier alpha value is -1.89. The molecule has 0 bridgehead atoms. The first-order valence-electron chi connectivity index (χ1n) is 5.55. The molecule has 1 aliphatic rings. The smallest absolute Gasteiger partial charge is 0.295 e. The Bertz CT molecular complexity index is 552. The predicted molar refractivity (Wildman–Crippen MR) is 67.7 cm³/mol. The molecule has 0 saturated carbocycles. The quantitative estimate of drug-likeness (QED) is 0.682. The van der Waals surface area contributed by atoms with Crippen LogP contribution in [0.15, 0.2) is 12.1 Å². The Kier molecular flexibility index (Phi) is 3.57. The van der Waals surface area contributed by atoms with Crippen LogP contribution in [0.3, 0.4) is 0 Å². The van der Waals surface area contributed by atoms with Crippen LogP contribution in [0, 0.1) is 15.9 Å². The standard InChI is InChI=1S/C11H11ClFN3O3/c1-15-3-2-8(11(15)17)14-9-4-6(12)7(13)5-10(9)16(18)19/h4-5,8,14H,2-3H2,1H3. The summed E-state index contributed by atoms with van der Waals surface area (Å²) in [6, 6.07) is 1.32. The zero-order valence-electron chi connectivity index (χ0n) is 10.0. The summed E-state index contributed by atoms with van der Waals surface area (Å²) >= 11 is 5.61. The number of likely N-dealkylation sites (tertiary alicyclic amines) is 1. The van der Waals surface area contributed by atoms with Crippen molar-refractivity contribution in [3.8, 4) is 0 Å². The molecular formula is C11H11ClFN3O3. The number of nitrogens with zero attached hydrogens (tertiary/aromatic N) is 2. The van der Waals surface area contributed by atoms with Crippen LogP contribution in [0.4, 0.5) is 15.8 Å². The third-order valence-corrected chi connectivity index (χ3v) is 3.28. The second-order valence-corrected chi connectivity index (χ2v) is 4.69. The normalized spacial score (nSPS) is 18.8. The molecule has 0 spiro atoms. The molecule has 6 nitrogen and oxygen atoms in total. The van der Waals surface area contributed by atoms with E-state index in [2.05, 4.69) is 5.32 Å². The van der Waals surface area contributed by atoms with E-state index in [-0.39, 0.29) is 16.6 Å². The van der Waals surface area contributed by atoms with E-state index in [0.717, 1.165) is 12.1 Å². The number of hydrogen-bond donors (Lipinski definition) is 1. The highest BCUT2D eigenvalue weighted by atomic mass is 35.5. The lowest BCUT2D eigenvalue weighted by Gasteiger charge is -2.14. The van der Waals surface area contributed by atoms with Gasteiger partial charge in [-0.05, 0) is 12.5 Å². The first kappa shape index (κ1) is 13.5. The topological polar surface area (TPSA) is 75.5 Å². The number of benzene rings is 1. The highest BCUT2D eigenvalue weighted by molar-refractivity contribution is 6.31. The number of halogens is 2. The first-order valence-corrected chi connectivity index (χ1v) is 5.93. The molecule has 8 heteroatoms. The van der Waals surface area contributed by atoms with Crippen molar-refractivity contribution >= 4 is 28.9 Å². The molecule has 1 aromatic carbocycles. The van der Waals surface area contributed by atoms with Crippen molar-refractivity contribution in [1.29, 1.82) is 0 Å². The van der Waals surface area contributed by atoms with Gasteiger partial charge in [0.05, 0.1) is 16.0 Å². The van der Waals surface area contributed by atoms with Gasteiger partial charge in [0.15, 0.2) is 0 Å². The number of carbonyl (C=O) groups excluding carboxylic acids is 1. The summed E-state index contributed by atoms with van der Waals surface area (Å²) in [5.41, 5.74) is -0.394. The minimum Gasteiger partial charge on any atom is -0.368 e. The Morgan fingerprint density at radius 2 is 2.26 bits per heavy atom. The number of nitro benzene ring substituents is 1. The number of likely N-dealkylation sites (N-methyl/N-ethyl adjacent to an activating group) is 1. The third-order valence-electron chi connectivity index (χ3n) is 2.99. The second-order valence-electron chi connectivity index (χ2n) is 4.29. The molecule has 1 atom stereocenters. The fraction of sp³-hybridized carbons (Fsp3) is 0.364. The molecular weight excluding hydrogens is 277 g/mol. The van der Waals surface area contributed by atoms with E-state index in [0.29, 0.717) is 13.0 Å². The highest BCUT2D eigenvalue weighted by Crippen LogP contribution is 2.31. The molecule has 1 aromatic rings. The molecule has 19 heavy (non-hydrogen) atoms. The summed E-state index contributed by atoms with van der Waals surface area (Å²) in [4.78, 5) is 23.4. The number of anilines is 1. The molecule has 1 saturated heterocycles. The minimum absolute atomic E-state index is 0.0463. The monoisotopic (exact) mass is 287 g/mol. The molecule has 1 fully saturated rings. The molecule has 0 aliphatic carbocycles. The fourth-order valence-electron chi connectivity index (χ4n) is 1.95. The number of nitro groups is 1. The number of nitrogens with one attached hydrogen (secondary N) is 1. The average molecular weight is 288 g/mol. The van der Waals surface area contributed by atoms with Crippen LogP contribution in [-0.4, -0.2) is 35.4 Å². The molecule has 1 unspecified atom stereocenters. The average Bonchev–Trinajstić information content (AvgIpc) is 2.65. The van der Waals surface area contributed by atoms with Crippen molar-refractivity contribution in [3.05, 3.63) is 33.1 Å². The van der Waals surface area contributed by atoms with Crippen LogP contribution in [-0.2, 0) is 4.79 Å². The molecule has 102 valence electrons. The highest BCUT2D eigenvalue weighted by Gasteiger charge is 2.31. The second kappa shape index (κ2) is 5.00. The van der Waals surface area contributed by atoms with Gasteiger partial charge in [-0.1, -0.05) is 11.6 Å². The van der Waals surface area contributed by atoms with Gasteiger partial charge in [0.25, 0.3) is 5.69 Å². The van der Waals surface area contributed by atoms with Crippen molar-refractivity contribution in [3.63, 3.8) is 0 Å². The van der Waals surface area contributed by atoms with Gasteiger partial charge in [0, 0.05) is 13.6 Å². The maximum absolute atomic E-state index is 13.2. The zero-order chi connectivity index (χ0) is 14.2. The molecule has 1 heterocycles. The van der Waals surface area contributed by atoms with E-state index in [1.807, 2.05) is 0 Å². The summed E-state index contributed by atoms with van der Waals surface area (Å²) < 4.78 is 13.2. The van der Waals surface area contributed by atoms with Crippen molar-refractivity contribution in [2.75, 3.05) is 18.9 Å². The summed E-state index contributed by atoms with van der Waals surface area (Å²) in [6.45, 7) is 0.569. The maximum atomic E-state index is 13.2. The predicted octanol–water partition coefficient (Wildman–Crippen LogP) is 2.03. The van der Waals surface area contributed by atoms with E-state index in [1.165, 1.54) is 4.90 Å². The van der Waals surface area contributed by atoms with E-state index in [1.54, 1.807) is 7.05 Å². The van der Waals surface area contributed by atoms with Crippen LogP contribution >= 0.6 is 11.6 Å². The van der Waals surface area contributed by atoms with Gasteiger partial charge in [-0.15, -0.1) is 0 Å². The van der Waals surface area contributed by atoms with Crippen molar-refractivity contribution in [2.45, 2.75) is 12.5 Å². The van der Waals surface area contributed by atoms with Crippen LogP contribution in [0.2, 0.25) is 5.02 Å². The van der Waals surface area contributed by atoms with E-state index in [9.17, 15) is 19.3 Å². The largest absolute Gasteiger partial charge is 0.368 e. The zero-order valence-corrected chi connectivity index (χ0v) is 10.8. The molecule has 0 radical (unpaired) electrons. The van der Waals surface area contributed by atoms with Crippen LogP contribution in [0.1, 0.15) is 6.42 Å². The third kappa shape index (κ3) is 2.60. The van der Waals surface area contributed by atoms with Gasteiger partial charge in [-0.25, -0.2) is 4.39 Å². The summed E-state index contributed by atoms with van der Waals surface area (Å²) in [6.07, 6.45) is 0.529. The molecule has 1 aliphatic heterocycles. The van der Waals surface area contributed by atoms with Crippen molar-refractivity contribution < 1.29 is 14.1 Å². The Morgan fingerprint density at radius 1 is 1.58 bits per heavy atom. The summed E-state index contributed by atoms with van der Waals surface area (Å²) in [5, 5.41) is 13.4.